The maximum absolute atomic E-state index is 11.0. The zero-order valence-corrected chi connectivity index (χ0v) is 12.5. The van der Waals surface area contributed by atoms with Gasteiger partial charge in [0.05, 0.1) is 24.0 Å². The zero-order chi connectivity index (χ0) is 16.3. The number of nitrogens with zero attached hydrogens (tertiary/aromatic N) is 1. The van der Waals surface area contributed by atoms with E-state index < -0.39 is 5.97 Å². The predicted octanol–water partition coefficient (Wildman–Crippen LogP) is 2.33. The van der Waals surface area contributed by atoms with Gasteiger partial charge in [-0.3, -0.25) is 0 Å². The van der Waals surface area contributed by atoms with Gasteiger partial charge in [-0.05, 0) is 30.3 Å². The molecule has 2 rings (SSSR count). The first-order valence-electron chi connectivity index (χ1n) is 6.44. The van der Waals surface area contributed by atoms with Crippen LogP contribution in [0.1, 0.15) is 24.2 Å². The Balaban J connectivity index is 0.000000377. The quantitative estimate of drug-likeness (QED) is 0.548. The van der Waals surface area contributed by atoms with Gasteiger partial charge in [0.2, 0.25) is 0 Å². The molecule has 0 aliphatic rings. The van der Waals surface area contributed by atoms with Gasteiger partial charge in [0.15, 0.2) is 0 Å². The Kier molecular flexibility index (Phi) is 8.75. The molecular weight excluding hydrogens is 268 g/mol. The van der Waals surface area contributed by atoms with Crippen molar-refractivity contribution < 1.29 is 9.53 Å². The zero-order valence-electron chi connectivity index (χ0n) is 12.5. The van der Waals surface area contributed by atoms with Gasteiger partial charge in [-0.25, -0.2) is 9.78 Å². The largest absolute Gasteiger partial charge is 0.465 e. The van der Waals surface area contributed by atoms with Crippen molar-refractivity contribution in [2.45, 2.75) is 13.8 Å². The summed E-state index contributed by atoms with van der Waals surface area (Å²) in [4.78, 5) is 14.7. The number of hydrogen-bond acceptors (Lipinski definition) is 6. The maximum atomic E-state index is 11.0. The number of anilines is 3. The third kappa shape index (κ3) is 6.81. The smallest absolute Gasteiger partial charge is 0.337 e. The van der Waals surface area contributed by atoms with Crippen molar-refractivity contribution in [1.29, 1.82) is 0 Å². The lowest BCUT2D eigenvalue weighted by Gasteiger charge is -2.02. The van der Waals surface area contributed by atoms with Gasteiger partial charge in [0, 0.05) is 6.20 Å². The van der Waals surface area contributed by atoms with Gasteiger partial charge >= 0.3 is 5.97 Å². The molecule has 1 aromatic carbocycles. The summed E-state index contributed by atoms with van der Waals surface area (Å²) in [6, 6.07) is 10.1. The molecule has 0 aliphatic carbocycles. The Morgan fingerprint density at radius 2 is 1.71 bits per heavy atom. The molecule has 1 heterocycles. The third-order valence-corrected chi connectivity index (χ3v) is 2.20. The molecule has 0 unspecified atom stereocenters. The van der Waals surface area contributed by atoms with Gasteiger partial charge < -0.3 is 21.9 Å². The predicted molar refractivity (Wildman–Crippen MR) is 86.6 cm³/mol. The average molecular weight is 290 g/mol. The summed E-state index contributed by atoms with van der Waals surface area (Å²) in [5, 5.41) is 0. The number of nitrogen functional groups attached to an aromatic ring is 3. The standard InChI is InChI=1S/C8H10N2O2.C5H6N2.C2H6/c1-12-8(11)5-2-3-6(9)7(10)4-5;6-5-3-1-2-4-7-5;1-2/h2-4H,9-10H2,1H3;1-4H,(H2,6,7);1-2H3. The number of ether oxygens (including phenoxy) is 1. The fourth-order valence-corrected chi connectivity index (χ4v) is 1.20. The number of carbonyl (C=O) groups is 1. The van der Waals surface area contributed by atoms with E-state index in [4.69, 9.17) is 17.2 Å². The first-order valence-corrected chi connectivity index (χ1v) is 6.44. The van der Waals surface area contributed by atoms with E-state index in [2.05, 4.69) is 9.72 Å². The number of pyridine rings is 1. The van der Waals surface area contributed by atoms with Crippen LogP contribution in [0.2, 0.25) is 0 Å². The van der Waals surface area contributed by atoms with E-state index in [0.717, 1.165) is 0 Å². The molecule has 0 saturated heterocycles. The second-order valence-corrected chi connectivity index (χ2v) is 3.59. The van der Waals surface area contributed by atoms with Crippen molar-refractivity contribution in [3.63, 3.8) is 0 Å². The lowest BCUT2D eigenvalue weighted by Crippen LogP contribution is -2.03. The van der Waals surface area contributed by atoms with E-state index in [9.17, 15) is 4.79 Å². The number of nitrogens with two attached hydrogens (primary N) is 3. The van der Waals surface area contributed by atoms with Gasteiger partial charge in [-0.2, -0.15) is 0 Å². The molecule has 0 spiro atoms. The minimum Gasteiger partial charge on any atom is -0.465 e. The van der Waals surface area contributed by atoms with Crippen molar-refractivity contribution in [2.75, 3.05) is 24.3 Å². The first kappa shape index (κ1) is 18.2. The molecular formula is C15H22N4O2. The summed E-state index contributed by atoms with van der Waals surface area (Å²) in [7, 11) is 1.31. The summed E-state index contributed by atoms with van der Waals surface area (Å²) < 4.78 is 4.50. The number of carbonyl (C=O) groups excluding carboxylic acids is 1. The van der Waals surface area contributed by atoms with Crippen LogP contribution in [0.25, 0.3) is 0 Å². The van der Waals surface area contributed by atoms with E-state index in [1.165, 1.54) is 13.2 Å². The van der Waals surface area contributed by atoms with Crippen molar-refractivity contribution in [2.24, 2.45) is 0 Å². The highest BCUT2D eigenvalue weighted by Crippen LogP contribution is 2.16. The lowest BCUT2D eigenvalue weighted by molar-refractivity contribution is 0.0601. The minimum absolute atomic E-state index is 0.387. The minimum atomic E-state index is -0.415. The third-order valence-electron chi connectivity index (χ3n) is 2.20. The number of methoxy groups -OCH3 is 1. The molecule has 2 aromatic rings. The topological polar surface area (TPSA) is 117 Å². The average Bonchev–Trinajstić information content (AvgIpc) is 2.52. The van der Waals surface area contributed by atoms with Gasteiger partial charge in [-0.15, -0.1) is 0 Å². The Morgan fingerprint density at radius 3 is 2.10 bits per heavy atom. The summed E-state index contributed by atoms with van der Waals surface area (Å²) in [5.74, 6) is 0.157. The van der Waals surface area contributed by atoms with Crippen LogP contribution in [0.5, 0.6) is 0 Å². The van der Waals surface area contributed by atoms with Crippen molar-refractivity contribution >= 4 is 23.2 Å². The normalized spacial score (nSPS) is 8.52. The van der Waals surface area contributed by atoms with Gasteiger partial charge in [0.25, 0.3) is 0 Å². The SMILES string of the molecule is CC.COC(=O)c1ccc(N)c(N)c1.Nc1ccccn1. The molecule has 6 heteroatoms. The number of benzene rings is 1. The van der Waals surface area contributed by atoms with Gasteiger partial charge in [-0.1, -0.05) is 19.9 Å². The molecule has 6 N–H and O–H groups in total. The Bertz CT molecular complexity index is 545. The highest BCUT2D eigenvalue weighted by molar-refractivity contribution is 5.91. The molecule has 0 radical (unpaired) electrons. The molecule has 0 bridgehead atoms. The van der Waals surface area contributed by atoms with E-state index >= 15 is 0 Å². The molecule has 0 saturated carbocycles. The first-order chi connectivity index (χ1) is 10.0. The number of rotatable bonds is 1. The molecule has 0 aliphatic heterocycles. The Labute approximate surface area is 124 Å². The lowest BCUT2D eigenvalue weighted by atomic mass is 10.2. The van der Waals surface area contributed by atoms with E-state index in [1.54, 1.807) is 24.4 Å². The van der Waals surface area contributed by atoms with Crippen LogP contribution >= 0.6 is 0 Å². The highest BCUT2D eigenvalue weighted by atomic mass is 16.5. The van der Waals surface area contributed by atoms with Crippen LogP contribution < -0.4 is 17.2 Å². The number of esters is 1. The van der Waals surface area contributed by atoms with E-state index in [0.29, 0.717) is 22.8 Å². The number of aromatic nitrogens is 1. The van der Waals surface area contributed by atoms with Crippen molar-refractivity contribution in [3.05, 3.63) is 48.2 Å². The molecule has 6 nitrogen and oxygen atoms in total. The van der Waals surface area contributed by atoms with Crippen LogP contribution in [-0.4, -0.2) is 18.1 Å². The highest BCUT2D eigenvalue weighted by Gasteiger charge is 2.05. The second-order valence-electron chi connectivity index (χ2n) is 3.59. The fraction of sp³-hybridized carbons (Fsp3) is 0.200. The number of hydrogen-bond donors (Lipinski definition) is 3. The molecule has 0 amide bonds. The molecule has 114 valence electrons. The van der Waals surface area contributed by atoms with Crippen LogP contribution in [0.4, 0.5) is 17.2 Å². The Morgan fingerprint density at radius 1 is 1.05 bits per heavy atom. The molecule has 0 atom stereocenters. The van der Waals surface area contributed by atoms with Crippen LogP contribution in [0, 0.1) is 0 Å². The van der Waals surface area contributed by atoms with Crippen molar-refractivity contribution in [3.8, 4) is 0 Å². The maximum Gasteiger partial charge on any atom is 0.337 e. The van der Waals surface area contributed by atoms with E-state index in [-0.39, 0.29) is 0 Å². The van der Waals surface area contributed by atoms with E-state index in [1.807, 2.05) is 26.0 Å². The second kappa shape index (κ2) is 10.1. The molecule has 0 fully saturated rings. The van der Waals surface area contributed by atoms with Crippen LogP contribution in [0.15, 0.2) is 42.6 Å². The molecule has 21 heavy (non-hydrogen) atoms. The van der Waals surface area contributed by atoms with Crippen molar-refractivity contribution in [1.82, 2.24) is 4.98 Å². The summed E-state index contributed by atoms with van der Waals surface area (Å²) in [6.07, 6.45) is 1.66. The fourth-order valence-electron chi connectivity index (χ4n) is 1.20. The summed E-state index contributed by atoms with van der Waals surface area (Å²) in [5.41, 5.74) is 17.4. The monoisotopic (exact) mass is 290 g/mol. The summed E-state index contributed by atoms with van der Waals surface area (Å²) >= 11 is 0. The van der Waals surface area contributed by atoms with Crippen LogP contribution in [0.3, 0.4) is 0 Å². The van der Waals surface area contributed by atoms with Crippen LogP contribution in [-0.2, 0) is 4.74 Å². The summed E-state index contributed by atoms with van der Waals surface area (Å²) in [6.45, 7) is 4.00. The molecule has 1 aromatic heterocycles. The van der Waals surface area contributed by atoms with Gasteiger partial charge in [0.1, 0.15) is 5.82 Å². The Hall–Kier alpha value is -2.76.